The van der Waals surface area contributed by atoms with Crippen molar-refractivity contribution in [2.45, 2.75) is 18.4 Å². The molecule has 0 bridgehead atoms. The van der Waals surface area contributed by atoms with E-state index in [1.165, 1.54) is 0 Å². The SMILES string of the molecule is N#Cc1cccc(OC2(C(=O)O)CCOCC2)c1. The minimum atomic E-state index is -1.24. The van der Waals surface area contributed by atoms with Crippen molar-refractivity contribution >= 4 is 5.97 Å². The van der Waals surface area contributed by atoms with Gasteiger partial charge in [-0.25, -0.2) is 4.79 Å². The Labute approximate surface area is 105 Å². The molecule has 0 aliphatic carbocycles. The molecule has 5 heteroatoms. The highest BCUT2D eigenvalue weighted by atomic mass is 16.5. The molecule has 1 aliphatic rings. The van der Waals surface area contributed by atoms with Crippen LogP contribution in [0, 0.1) is 11.3 Å². The minimum Gasteiger partial charge on any atom is -0.478 e. The zero-order valence-electron chi connectivity index (χ0n) is 9.76. The predicted molar refractivity (Wildman–Crippen MR) is 62.2 cm³/mol. The van der Waals surface area contributed by atoms with E-state index in [2.05, 4.69) is 0 Å². The summed E-state index contributed by atoms with van der Waals surface area (Å²) in [6.07, 6.45) is 0.609. The second kappa shape index (κ2) is 5.07. The molecule has 1 fully saturated rings. The van der Waals surface area contributed by atoms with Crippen molar-refractivity contribution in [2.24, 2.45) is 0 Å². The second-order valence-electron chi connectivity index (χ2n) is 4.15. The lowest BCUT2D eigenvalue weighted by Gasteiger charge is -2.33. The number of rotatable bonds is 3. The number of hydrogen-bond donors (Lipinski definition) is 1. The third-order valence-corrected chi connectivity index (χ3v) is 2.97. The molecule has 0 aromatic heterocycles. The number of ether oxygens (including phenoxy) is 2. The van der Waals surface area contributed by atoms with Gasteiger partial charge in [0.1, 0.15) is 5.75 Å². The van der Waals surface area contributed by atoms with Crippen LogP contribution < -0.4 is 4.74 Å². The van der Waals surface area contributed by atoms with Crippen LogP contribution in [0.2, 0.25) is 0 Å². The molecular formula is C13H13NO4. The highest BCUT2D eigenvalue weighted by molar-refractivity contribution is 5.78. The van der Waals surface area contributed by atoms with Gasteiger partial charge in [-0.15, -0.1) is 0 Å². The molecular weight excluding hydrogens is 234 g/mol. The van der Waals surface area contributed by atoms with Gasteiger partial charge in [0.15, 0.2) is 0 Å². The summed E-state index contributed by atoms with van der Waals surface area (Å²) in [6.45, 7) is 0.731. The van der Waals surface area contributed by atoms with Gasteiger partial charge in [-0.3, -0.25) is 0 Å². The molecule has 1 heterocycles. The first-order chi connectivity index (χ1) is 8.66. The average Bonchev–Trinajstić information content (AvgIpc) is 2.40. The molecule has 1 N–H and O–H groups in total. The fraction of sp³-hybridized carbons (Fsp3) is 0.385. The van der Waals surface area contributed by atoms with Crippen LogP contribution in [0.5, 0.6) is 5.75 Å². The molecule has 1 aromatic rings. The van der Waals surface area contributed by atoms with Gasteiger partial charge in [-0.05, 0) is 18.2 Å². The molecule has 0 amide bonds. The lowest BCUT2D eigenvalue weighted by atomic mass is 9.94. The van der Waals surface area contributed by atoms with Crippen LogP contribution in [-0.2, 0) is 9.53 Å². The minimum absolute atomic E-state index is 0.305. The first kappa shape index (κ1) is 12.4. The summed E-state index contributed by atoms with van der Waals surface area (Å²) in [5, 5.41) is 18.1. The fourth-order valence-corrected chi connectivity index (χ4v) is 1.92. The largest absolute Gasteiger partial charge is 0.478 e. The summed E-state index contributed by atoms with van der Waals surface area (Å²) in [5.41, 5.74) is -0.799. The van der Waals surface area contributed by atoms with Crippen LogP contribution in [0.3, 0.4) is 0 Å². The van der Waals surface area contributed by atoms with Crippen LogP contribution in [-0.4, -0.2) is 29.9 Å². The fourth-order valence-electron chi connectivity index (χ4n) is 1.92. The first-order valence-corrected chi connectivity index (χ1v) is 5.67. The van der Waals surface area contributed by atoms with Gasteiger partial charge in [-0.1, -0.05) is 6.07 Å². The highest BCUT2D eigenvalue weighted by Gasteiger charge is 2.42. The van der Waals surface area contributed by atoms with E-state index in [4.69, 9.17) is 14.7 Å². The number of carbonyl (C=O) groups is 1. The monoisotopic (exact) mass is 247 g/mol. The van der Waals surface area contributed by atoms with E-state index in [0.29, 0.717) is 37.4 Å². The van der Waals surface area contributed by atoms with E-state index in [1.54, 1.807) is 24.3 Å². The van der Waals surface area contributed by atoms with E-state index < -0.39 is 11.6 Å². The Bertz CT molecular complexity index is 486. The molecule has 5 nitrogen and oxygen atoms in total. The summed E-state index contributed by atoms with van der Waals surface area (Å²) in [5.74, 6) is -0.591. The van der Waals surface area contributed by atoms with E-state index in [0.717, 1.165) is 0 Å². The number of carboxylic acids is 1. The Morgan fingerprint density at radius 3 is 2.78 bits per heavy atom. The third-order valence-electron chi connectivity index (χ3n) is 2.97. The maximum Gasteiger partial charge on any atom is 0.348 e. The molecule has 1 saturated heterocycles. The van der Waals surface area contributed by atoms with Gasteiger partial charge < -0.3 is 14.6 Å². The van der Waals surface area contributed by atoms with Gasteiger partial charge >= 0.3 is 5.97 Å². The van der Waals surface area contributed by atoms with Crippen LogP contribution in [0.15, 0.2) is 24.3 Å². The second-order valence-corrected chi connectivity index (χ2v) is 4.15. The Morgan fingerprint density at radius 1 is 1.44 bits per heavy atom. The van der Waals surface area contributed by atoms with Crippen LogP contribution in [0.25, 0.3) is 0 Å². The van der Waals surface area contributed by atoms with Gasteiger partial charge in [-0.2, -0.15) is 5.26 Å². The summed E-state index contributed by atoms with van der Waals surface area (Å²) < 4.78 is 10.8. The van der Waals surface area contributed by atoms with E-state index in [-0.39, 0.29) is 0 Å². The van der Waals surface area contributed by atoms with Crippen LogP contribution in [0.4, 0.5) is 0 Å². The average molecular weight is 247 g/mol. The first-order valence-electron chi connectivity index (χ1n) is 5.67. The lowest BCUT2D eigenvalue weighted by molar-refractivity contribution is -0.163. The summed E-state index contributed by atoms with van der Waals surface area (Å²) in [4.78, 5) is 11.4. The smallest absolute Gasteiger partial charge is 0.348 e. The van der Waals surface area contributed by atoms with Crippen molar-refractivity contribution in [3.05, 3.63) is 29.8 Å². The normalized spacial score (nSPS) is 17.7. The summed E-state index contributed by atoms with van der Waals surface area (Å²) in [6, 6.07) is 8.50. The van der Waals surface area contributed by atoms with Gasteiger partial charge in [0, 0.05) is 12.8 Å². The Kier molecular flexibility index (Phi) is 3.49. The number of carboxylic acid groups (broad SMARTS) is 1. The zero-order chi connectivity index (χ0) is 13.0. The van der Waals surface area contributed by atoms with Crippen molar-refractivity contribution in [3.63, 3.8) is 0 Å². The number of hydrogen-bond acceptors (Lipinski definition) is 4. The number of nitrogens with zero attached hydrogens (tertiary/aromatic N) is 1. The molecule has 94 valence electrons. The zero-order valence-corrected chi connectivity index (χ0v) is 9.76. The topological polar surface area (TPSA) is 79.5 Å². The molecule has 2 rings (SSSR count). The molecule has 0 saturated carbocycles. The predicted octanol–water partition coefficient (Wildman–Crippen LogP) is 1.57. The Morgan fingerprint density at radius 2 is 2.17 bits per heavy atom. The standard InChI is InChI=1S/C13H13NO4/c14-9-10-2-1-3-11(8-10)18-13(12(15)16)4-6-17-7-5-13/h1-3,8H,4-7H2,(H,15,16). The van der Waals surface area contributed by atoms with Crippen molar-refractivity contribution in [2.75, 3.05) is 13.2 Å². The molecule has 0 radical (unpaired) electrons. The van der Waals surface area contributed by atoms with E-state index in [1.807, 2.05) is 6.07 Å². The van der Waals surface area contributed by atoms with Gasteiger partial charge in [0.05, 0.1) is 24.8 Å². The van der Waals surface area contributed by atoms with Crippen LogP contribution in [0.1, 0.15) is 18.4 Å². The lowest BCUT2D eigenvalue weighted by Crippen LogP contribution is -2.49. The molecule has 1 aromatic carbocycles. The number of benzene rings is 1. The third kappa shape index (κ3) is 2.44. The summed E-state index contributed by atoms with van der Waals surface area (Å²) >= 11 is 0. The number of nitriles is 1. The van der Waals surface area contributed by atoms with Crippen molar-refractivity contribution in [3.8, 4) is 11.8 Å². The summed E-state index contributed by atoms with van der Waals surface area (Å²) in [7, 11) is 0. The molecule has 0 spiro atoms. The van der Waals surface area contributed by atoms with E-state index >= 15 is 0 Å². The molecule has 1 aliphatic heterocycles. The van der Waals surface area contributed by atoms with Gasteiger partial charge in [0.25, 0.3) is 0 Å². The Balaban J connectivity index is 2.23. The van der Waals surface area contributed by atoms with E-state index in [9.17, 15) is 9.90 Å². The highest BCUT2D eigenvalue weighted by Crippen LogP contribution is 2.28. The molecule has 18 heavy (non-hydrogen) atoms. The Hall–Kier alpha value is -2.06. The molecule has 0 unspecified atom stereocenters. The van der Waals surface area contributed by atoms with Crippen LogP contribution >= 0.6 is 0 Å². The van der Waals surface area contributed by atoms with Gasteiger partial charge in [0.2, 0.25) is 5.60 Å². The van der Waals surface area contributed by atoms with Crippen molar-refractivity contribution in [1.29, 1.82) is 5.26 Å². The number of aliphatic carboxylic acids is 1. The van der Waals surface area contributed by atoms with Crippen molar-refractivity contribution in [1.82, 2.24) is 0 Å². The maximum absolute atomic E-state index is 11.4. The quantitative estimate of drug-likeness (QED) is 0.877. The maximum atomic E-state index is 11.4. The molecule has 0 atom stereocenters. The van der Waals surface area contributed by atoms with Crippen molar-refractivity contribution < 1.29 is 19.4 Å².